The largest absolute Gasteiger partial charge is 0.385 e. The topological polar surface area (TPSA) is 35.9 Å². The summed E-state index contributed by atoms with van der Waals surface area (Å²) in [6.07, 6.45) is 4.68. The third kappa shape index (κ3) is 5.03. The molecule has 2 rings (SSSR count). The van der Waals surface area contributed by atoms with Gasteiger partial charge in [-0.25, -0.2) is 0 Å². The minimum atomic E-state index is 0.632. The van der Waals surface area contributed by atoms with E-state index in [0.717, 1.165) is 24.9 Å². The molecule has 0 amide bonds. The van der Waals surface area contributed by atoms with Crippen molar-refractivity contribution in [1.29, 1.82) is 5.41 Å². The molecule has 2 N–H and O–H groups in total. The van der Waals surface area contributed by atoms with E-state index in [4.69, 9.17) is 5.41 Å². The second-order valence-electron chi connectivity index (χ2n) is 5.76. The summed E-state index contributed by atoms with van der Waals surface area (Å²) < 4.78 is 0. The zero-order chi connectivity index (χ0) is 15.8. The zero-order valence-electron chi connectivity index (χ0n) is 13.7. The summed E-state index contributed by atoms with van der Waals surface area (Å²) in [4.78, 5) is 0. The Kier molecular flexibility index (Phi) is 6.20. The van der Waals surface area contributed by atoms with Crippen LogP contribution in [0.4, 0.5) is 5.69 Å². The fourth-order valence-electron chi connectivity index (χ4n) is 2.57. The Morgan fingerprint density at radius 3 is 1.82 bits per heavy atom. The number of hydrogen-bond donors (Lipinski definition) is 2. The van der Waals surface area contributed by atoms with E-state index in [-0.39, 0.29) is 0 Å². The van der Waals surface area contributed by atoms with Crippen molar-refractivity contribution in [2.45, 2.75) is 39.5 Å². The van der Waals surface area contributed by atoms with E-state index in [2.05, 4.69) is 60.8 Å². The van der Waals surface area contributed by atoms with Gasteiger partial charge in [0.25, 0.3) is 0 Å². The first-order chi connectivity index (χ1) is 10.7. The van der Waals surface area contributed by atoms with Crippen LogP contribution in [0.15, 0.2) is 48.5 Å². The van der Waals surface area contributed by atoms with Crippen LogP contribution < -0.4 is 5.32 Å². The summed E-state index contributed by atoms with van der Waals surface area (Å²) in [7, 11) is 0. The summed E-state index contributed by atoms with van der Waals surface area (Å²) >= 11 is 0. The summed E-state index contributed by atoms with van der Waals surface area (Å²) in [5.74, 6) is 0. The highest BCUT2D eigenvalue weighted by Crippen LogP contribution is 2.13. The average Bonchev–Trinajstić information content (AvgIpc) is 2.54. The van der Waals surface area contributed by atoms with Crippen LogP contribution >= 0.6 is 0 Å². The Morgan fingerprint density at radius 2 is 1.36 bits per heavy atom. The number of aryl methyl sites for hydroxylation is 2. The van der Waals surface area contributed by atoms with Gasteiger partial charge in [-0.15, -0.1) is 0 Å². The fourth-order valence-corrected chi connectivity index (χ4v) is 2.57. The average molecular weight is 294 g/mol. The molecule has 2 aromatic rings. The molecule has 2 heteroatoms. The molecule has 0 atom stereocenters. The highest BCUT2D eigenvalue weighted by Gasteiger charge is 1.98. The molecule has 0 aromatic heterocycles. The normalized spacial score (nSPS) is 10.5. The van der Waals surface area contributed by atoms with Crippen LogP contribution in [-0.4, -0.2) is 12.3 Å². The lowest BCUT2D eigenvalue weighted by Crippen LogP contribution is -1.96. The second kappa shape index (κ2) is 8.38. The number of anilines is 1. The summed E-state index contributed by atoms with van der Waals surface area (Å²) in [5, 5.41) is 10.9. The molecule has 0 heterocycles. The van der Waals surface area contributed by atoms with Gasteiger partial charge in [0.2, 0.25) is 0 Å². The number of unbranched alkanes of at least 4 members (excludes halogenated alkanes) is 1. The Morgan fingerprint density at radius 1 is 0.864 bits per heavy atom. The van der Waals surface area contributed by atoms with Crippen molar-refractivity contribution < 1.29 is 0 Å². The van der Waals surface area contributed by atoms with Gasteiger partial charge >= 0.3 is 0 Å². The van der Waals surface area contributed by atoms with E-state index in [1.54, 1.807) is 0 Å². The molecular formula is C20H26N2. The third-order valence-corrected chi connectivity index (χ3v) is 3.90. The Labute approximate surface area is 134 Å². The molecular weight excluding hydrogens is 268 g/mol. The lowest BCUT2D eigenvalue weighted by atomic mass is 10.0. The molecule has 2 aromatic carbocycles. The number of rotatable bonds is 8. The van der Waals surface area contributed by atoms with Gasteiger partial charge < -0.3 is 10.7 Å². The second-order valence-corrected chi connectivity index (χ2v) is 5.76. The van der Waals surface area contributed by atoms with Gasteiger partial charge in [-0.05, 0) is 68.4 Å². The first-order valence-corrected chi connectivity index (χ1v) is 8.16. The lowest BCUT2D eigenvalue weighted by molar-refractivity contribution is 0.734. The SMILES string of the molecule is CCNc1ccc(CCCCc2ccc(C(C)=N)cc2)cc1. The van der Waals surface area contributed by atoms with Gasteiger partial charge in [0, 0.05) is 17.9 Å². The number of nitrogens with one attached hydrogen (secondary N) is 2. The van der Waals surface area contributed by atoms with Crippen molar-refractivity contribution in [3.8, 4) is 0 Å². The predicted molar refractivity (Wildman–Crippen MR) is 96.2 cm³/mol. The molecule has 0 saturated carbocycles. The van der Waals surface area contributed by atoms with Gasteiger partial charge in [0.05, 0.1) is 0 Å². The van der Waals surface area contributed by atoms with Crippen LogP contribution in [-0.2, 0) is 12.8 Å². The van der Waals surface area contributed by atoms with Crippen molar-refractivity contribution >= 4 is 11.4 Å². The molecule has 0 aliphatic heterocycles. The Bertz CT molecular complexity index is 582. The highest BCUT2D eigenvalue weighted by atomic mass is 14.8. The molecule has 0 radical (unpaired) electrons. The third-order valence-electron chi connectivity index (χ3n) is 3.90. The molecule has 0 spiro atoms. The highest BCUT2D eigenvalue weighted by molar-refractivity contribution is 5.96. The van der Waals surface area contributed by atoms with Crippen molar-refractivity contribution in [3.05, 3.63) is 65.2 Å². The number of benzene rings is 2. The van der Waals surface area contributed by atoms with Crippen molar-refractivity contribution in [2.75, 3.05) is 11.9 Å². The van der Waals surface area contributed by atoms with Crippen LogP contribution in [0.2, 0.25) is 0 Å². The smallest absolute Gasteiger partial charge is 0.0355 e. The zero-order valence-corrected chi connectivity index (χ0v) is 13.7. The van der Waals surface area contributed by atoms with Gasteiger partial charge in [0.15, 0.2) is 0 Å². The summed E-state index contributed by atoms with van der Waals surface area (Å²) in [6.45, 7) is 4.91. The molecule has 2 nitrogen and oxygen atoms in total. The van der Waals surface area contributed by atoms with E-state index < -0.39 is 0 Å². The minimum absolute atomic E-state index is 0.632. The molecule has 0 aliphatic rings. The lowest BCUT2D eigenvalue weighted by Gasteiger charge is -2.06. The molecule has 0 saturated heterocycles. The monoisotopic (exact) mass is 294 g/mol. The fraction of sp³-hybridized carbons (Fsp3) is 0.350. The van der Waals surface area contributed by atoms with E-state index in [1.165, 1.54) is 29.7 Å². The van der Waals surface area contributed by atoms with E-state index in [1.807, 2.05) is 6.92 Å². The first kappa shape index (κ1) is 16.3. The van der Waals surface area contributed by atoms with Crippen LogP contribution in [0, 0.1) is 5.41 Å². The van der Waals surface area contributed by atoms with Crippen LogP contribution in [0.3, 0.4) is 0 Å². The van der Waals surface area contributed by atoms with Crippen molar-refractivity contribution in [1.82, 2.24) is 0 Å². The van der Waals surface area contributed by atoms with Crippen LogP contribution in [0.5, 0.6) is 0 Å². The van der Waals surface area contributed by atoms with Gasteiger partial charge in [-0.2, -0.15) is 0 Å². The Balaban J connectivity index is 1.73. The molecule has 0 unspecified atom stereocenters. The van der Waals surface area contributed by atoms with E-state index >= 15 is 0 Å². The molecule has 0 aliphatic carbocycles. The van der Waals surface area contributed by atoms with Gasteiger partial charge in [-0.1, -0.05) is 36.4 Å². The first-order valence-electron chi connectivity index (χ1n) is 8.16. The number of hydrogen-bond acceptors (Lipinski definition) is 2. The molecule has 116 valence electrons. The maximum absolute atomic E-state index is 7.61. The van der Waals surface area contributed by atoms with Crippen molar-refractivity contribution in [3.63, 3.8) is 0 Å². The van der Waals surface area contributed by atoms with Gasteiger partial charge in [0.1, 0.15) is 0 Å². The van der Waals surface area contributed by atoms with E-state index in [9.17, 15) is 0 Å². The predicted octanol–water partition coefficient (Wildman–Crippen LogP) is 5.07. The molecule has 22 heavy (non-hydrogen) atoms. The molecule has 0 fully saturated rings. The maximum atomic E-state index is 7.61. The summed E-state index contributed by atoms with van der Waals surface area (Å²) in [6, 6.07) is 17.2. The molecule has 0 bridgehead atoms. The van der Waals surface area contributed by atoms with E-state index in [0.29, 0.717) is 5.71 Å². The van der Waals surface area contributed by atoms with Crippen LogP contribution in [0.1, 0.15) is 43.4 Å². The Hall–Kier alpha value is -2.09. The quantitative estimate of drug-likeness (QED) is 0.517. The van der Waals surface area contributed by atoms with Crippen molar-refractivity contribution in [2.24, 2.45) is 0 Å². The summed E-state index contributed by atoms with van der Waals surface area (Å²) in [5.41, 5.74) is 5.63. The standard InChI is InChI=1S/C20H26N2/c1-3-22-20-14-10-18(11-15-20)7-5-4-6-17-8-12-19(13-9-17)16(2)21/h8-15,21-22H,3-7H2,1-2H3. The minimum Gasteiger partial charge on any atom is -0.385 e. The maximum Gasteiger partial charge on any atom is 0.0355 e. The van der Waals surface area contributed by atoms with Gasteiger partial charge in [-0.3, -0.25) is 0 Å². The van der Waals surface area contributed by atoms with Crippen LogP contribution in [0.25, 0.3) is 0 Å².